The first-order chi connectivity index (χ1) is 21.0. The van der Waals surface area contributed by atoms with Crippen molar-refractivity contribution in [2.45, 2.75) is 46.7 Å². The van der Waals surface area contributed by atoms with Gasteiger partial charge in [-0.15, -0.1) is 0 Å². The summed E-state index contributed by atoms with van der Waals surface area (Å²) in [4.78, 5) is 32.2. The van der Waals surface area contributed by atoms with Crippen molar-refractivity contribution in [2.75, 3.05) is 24.4 Å². The van der Waals surface area contributed by atoms with E-state index in [1.54, 1.807) is 19.4 Å². The number of carbonyl (C=O) groups is 2. The number of esters is 1. The maximum Gasteiger partial charge on any atom is 0.339 e. The Morgan fingerprint density at radius 1 is 1.00 bits per heavy atom. The predicted octanol–water partition coefficient (Wildman–Crippen LogP) is 6.45. The summed E-state index contributed by atoms with van der Waals surface area (Å²) in [5.74, 6) is -0.00724. The molecule has 2 aromatic carbocycles. The van der Waals surface area contributed by atoms with E-state index in [1.165, 1.54) is 7.11 Å². The molecule has 0 saturated carbocycles. The highest BCUT2D eigenvalue weighted by Crippen LogP contribution is 2.45. The van der Waals surface area contributed by atoms with Crippen LogP contribution in [0.1, 0.15) is 65.9 Å². The topological polar surface area (TPSA) is 97.7 Å². The Morgan fingerprint density at radius 3 is 2.39 bits per heavy atom. The second-order valence-electron chi connectivity index (χ2n) is 11.8. The van der Waals surface area contributed by atoms with Crippen molar-refractivity contribution in [3.8, 4) is 11.4 Å². The summed E-state index contributed by atoms with van der Waals surface area (Å²) < 4.78 is 12.9. The molecular weight excluding hydrogens is 574 g/mol. The lowest BCUT2D eigenvalue weighted by Gasteiger charge is -2.29. The molecule has 1 saturated heterocycles. The molecule has 0 bridgehead atoms. The van der Waals surface area contributed by atoms with Crippen LogP contribution in [0.15, 0.2) is 72.9 Å². The minimum Gasteiger partial charge on any atom is -0.494 e. The van der Waals surface area contributed by atoms with E-state index in [9.17, 15) is 9.59 Å². The first-order valence-electron chi connectivity index (χ1n) is 14.3. The number of pyridine rings is 1. The number of benzene rings is 2. The molecule has 2 unspecified atom stereocenters. The molecule has 228 valence electrons. The monoisotopic (exact) mass is 611 g/mol. The molecule has 4 aromatic rings. The Balaban J connectivity index is 1.65. The average molecular weight is 612 g/mol. The maximum atomic E-state index is 12.8. The average Bonchev–Trinajstić information content (AvgIpc) is 3.51. The highest BCUT2D eigenvalue weighted by Gasteiger charge is 2.42. The Labute approximate surface area is 263 Å². The number of ether oxygens (including phenoxy) is 2. The summed E-state index contributed by atoms with van der Waals surface area (Å²) in [6.07, 6.45) is 1.77. The number of anilines is 2. The highest BCUT2D eigenvalue weighted by molar-refractivity contribution is 7.80. The number of nitrogens with one attached hydrogen (secondary N) is 2. The van der Waals surface area contributed by atoms with E-state index in [4.69, 9.17) is 21.7 Å². The number of aromatic nitrogens is 2. The van der Waals surface area contributed by atoms with E-state index in [0.717, 1.165) is 34.0 Å². The summed E-state index contributed by atoms with van der Waals surface area (Å²) in [6, 6.07) is 20.4. The molecule has 0 radical (unpaired) electrons. The molecule has 2 aromatic heterocycles. The quantitative estimate of drug-likeness (QED) is 0.182. The van der Waals surface area contributed by atoms with Crippen LogP contribution in [0.2, 0.25) is 0 Å². The number of hydrogen-bond donors (Lipinski definition) is 2. The molecule has 10 heteroatoms. The molecule has 9 nitrogen and oxygen atoms in total. The standard InChI is InChI=1S/C34H37N5O4S/c1-20-18-24(21(2)38(20)27-14-9-8-12-23(27)31(40)43-7)30-29(26-13-10-11-17-35-26)37-33(44)39(30)22-15-16-25(28(19-22)42-6)36-32(41)34(3,4)5/h8-19,29-30H,1-7H3,(H,36,41)(H,37,44). The van der Waals surface area contributed by atoms with Crippen molar-refractivity contribution in [1.82, 2.24) is 14.9 Å². The number of thiocarbonyl (C=S) groups is 1. The van der Waals surface area contributed by atoms with Gasteiger partial charge in [-0.05, 0) is 74.1 Å². The third kappa shape index (κ3) is 5.65. The fourth-order valence-corrected chi connectivity index (χ4v) is 5.95. The molecule has 3 heterocycles. The van der Waals surface area contributed by atoms with Gasteiger partial charge in [-0.25, -0.2) is 4.79 Å². The van der Waals surface area contributed by atoms with Crippen LogP contribution in [-0.4, -0.2) is 40.8 Å². The van der Waals surface area contributed by atoms with Crippen molar-refractivity contribution >= 4 is 40.6 Å². The van der Waals surface area contributed by atoms with Gasteiger partial charge in [0.1, 0.15) is 5.75 Å². The van der Waals surface area contributed by atoms with E-state index in [0.29, 0.717) is 22.1 Å². The Bertz CT molecular complexity index is 1730. The lowest BCUT2D eigenvalue weighted by molar-refractivity contribution is -0.123. The number of methoxy groups -OCH3 is 2. The zero-order chi connectivity index (χ0) is 31.8. The summed E-state index contributed by atoms with van der Waals surface area (Å²) in [5.41, 5.74) is 5.74. The maximum absolute atomic E-state index is 12.8. The van der Waals surface area contributed by atoms with Gasteiger partial charge in [0.15, 0.2) is 5.11 Å². The van der Waals surface area contributed by atoms with E-state index < -0.39 is 11.4 Å². The fourth-order valence-electron chi connectivity index (χ4n) is 5.60. The Kier molecular flexibility index (Phi) is 8.47. The molecular formula is C34H37N5O4S. The van der Waals surface area contributed by atoms with Crippen LogP contribution < -0.4 is 20.3 Å². The number of para-hydroxylation sites is 1. The van der Waals surface area contributed by atoms with Crippen molar-refractivity contribution in [3.05, 3.63) is 101 Å². The zero-order valence-electron chi connectivity index (χ0n) is 26.0. The Morgan fingerprint density at radius 2 is 1.73 bits per heavy atom. The van der Waals surface area contributed by atoms with E-state index >= 15 is 0 Å². The number of hydrogen-bond acceptors (Lipinski definition) is 6. The number of carbonyl (C=O) groups excluding carboxylic acids is 2. The summed E-state index contributed by atoms with van der Waals surface area (Å²) in [6.45, 7) is 9.64. The second-order valence-corrected chi connectivity index (χ2v) is 12.1. The fraction of sp³-hybridized carbons (Fsp3) is 0.294. The molecule has 1 aliphatic heterocycles. The Hall–Kier alpha value is -4.70. The van der Waals surface area contributed by atoms with Crippen molar-refractivity contribution in [1.29, 1.82) is 0 Å². The van der Waals surface area contributed by atoms with Crippen LogP contribution in [-0.2, 0) is 9.53 Å². The molecule has 44 heavy (non-hydrogen) atoms. The number of amides is 1. The molecule has 0 aliphatic carbocycles. The first-order valence-corrected chi connectivity index (χ1v) is 14.7. The molecule has 1 amide bonds. The summed E-state index contributed by atoms with van der Waals surface area (Å²) in [7, 11) is 2.96. The number of aryl methyl sites for hydroxylation is 1. The predicted molar refractivity (Wildman–Crippen MR) is 176 cm³/mol. The van der Waals surface area contributed by atoms with Crippen LogP contribution in [0, 0.1) is 19.3 Å². The SMILES string of the molecule is COC(=O)c1ccccc1-n1c(C)cc(C2C(c3ccccn3)NC(=S)N2c2ccc(NC(=O)C(C)(C)C)c(OC)c2)c1C. The molecule has 2 N–H and O–H groups in total. The largest absolute Gasteiger partial charge is 0.494 e. The zero-order valence-corrected chi connectivity index (χ0v) is 26.8. The number of nitrogens with zero attached hydrogens (tertiary/aromatic N) is 3. The lowest BCUT2D eigenvalue weighted by atomic mass is 9.95. The normalized spacial score (nSPS) is 16.4. The minimum atomic E-state index is -0.569. The molecule has 0 spiro atoms. The summed E-state index contributed by atoms with van der Waals surface area (Å²) >= 11 is 5.96. The number of rotatable bonds is 7. The lowest BCUT2D eigenvalue weighted by Crippen LogP contribution is -2.30. The van der Waals surface area contributed by atoms with Gasteiger partial charge in [-0.1, -0.05) is 39.0 Å². The smallest absolute Gasteiger partial charge is 0.339 e. The molecule has 2 atom stereocenters. The van der Waals surface area contributed by atoms with Crippen molar-refractivity contribution < 1.29 is 19.1 Å². The van der Waals surface area contributed by atoms with E-state index in [2.05, 4.69) is 31.2 Å². The van der Waals surface area contributed by atoms with Crippen LogP contribution in [0.3, 0.4) is 0 Å². The van der Waals surface area contributed by atoms with Gasteiger partial charge in [0.2, 0.25) is 5.91 Å². The first kappa shape index (κ1) is 30.7. The minimum absolute atomic E-state index is 0.116. The van der Waals surface area contributed by atoms with E-state index in [1.807, 2.05) is 89.2 Å². The van der Waals surface area contributed by atoms with Gasteiger partial charge in [-0.2, -0.15) is 0 Å². The third-order valence-corrected chi connectivity index (χ3v) is 8.14. The van der Waals surface area contributed by atoms with Gasteiger partial charge in [0.25, 0.3) is 0 Å². The molecule has 5 rings (SSSR count). The van der Waals surface area contributed by atoms with E-state index in [-0.39, 0.29) is 18.0 Å². The second kappa shape index (κ2) is 12.1. The third-order valence-electron chi connectivity index (χ3n) is 7.83. The van der Waals surface area contributed by atoms with Gasteiger partial charge < -0.3 is 29.6 Å². The van der Waals surface area contributed by atoms with Crippen molar-refractivity contribution in [2.24, 2.45) is 5.41 Å². The summed E-state index contributed by atoms with van der Waals surface area (Å²) in [5, 5.41) is 7.02. The van der Waals surface area contributed by atoms with Gasteiger partial charge in [-0.3, -0.25) is 9.78 Å². The van der Waals surface area contributed by atoms with Crippen LogP contribution in [0.25, 0.3) is 5.69 Å². The van der Waals surface area contributed by atoms with Gasteiger partial charge >= 0.3 is 5.97 Å². The van der Waals surface area contributed by atoms with Crippen LogP contribution in [0.4, 0.5) is 11.4 Å². The van der Waals surface area contributed by atoms with Gasteiger partial charge in [0, 0.05) is 34.8 Å². The highest BCUT2D eigenvalue weighted by atomic mass is 32.1. The van der Waals surface area contributed by atoms with Crippen molar-refractivity contribution in [3.63, 3.8) is 0 Å². The van der Waals surface area contributed by atoms with Gasteiger partial charge in [0.05, 0.1) is 48.9 Å². The van der Waals surface area contributed by atoms with Crippen LogP contribution in [0.5, 0.6) is 5.75 Å². The van der Waals surface area contributed by atoms with Crippen LogP contribution >= 0.6 is 12.2 Å². The molecule has 1 fully saturated rings. The molecule has 1 aliphatic rings.